The number of carbonyl (C=O) groups is 2. The van der Waals surface area contributed by atoms with Gasteiger partial charge in [0.15, 0.2) is 0 Å². The lowest BCUT2D eigenvalue weighted by molar-refractivity contribution is -0.123. The van der Waals surface area contributed by atoms with Crippen molar-refractivity contribution in [1.82, 2.24) is 10.6 Å². The van der Waals surface area contributed by atoms with Crippen LogP contribution in [-0.2, 0) is 4.79 Å². The molecule has 0 saturated heterocycles. The average Bonchev–Trinajstić information content (AvgIpc) is 2.95. The summed E-state index contributed by atoms with van der Waals surface area (Å²) in [6, 6.07) is 3.33. The zero-order valence-corrected chi connectivity index (χ0v) is 12.8. The van der Waals surface area contributed by atoms with Crippen LogP contribution in [0.25, 0.3) is 0 Å². The molecule has 1 saturated carbocycles. The van der Waals surface area contributed by atoms with Gasteiger partial charge >= 0.3 is 0 Å². The molecular formula is C15H22N2O2S. The summed E-state index contributed by atoms with van der Waals surface area (Å²) in [6.45, 7) is 3.91. The zero-order chi connectivity index (χ0) is 14.5. The lowest BCUT2D eigenvalue weighted by atomic mass is 9.86. The van der Waals surface area contributed by atoms with E-state index in [1.165, 1.54) is 30.6 Å². The summed E-state index contributed by atoms with van der Waals surface area (Å²) in [5, 5.41) is 7.67. The van der Waals surface area contributed by atoms with Crippen molar-refractivity contribution in [1.29, 1.82) is 0 Å². The van der Waals surface area contributed by atoms with E-state index in [4.69, 9.17) is 0 Å². The van der Waals surface area contributed by atoms with Gasteiger partial charge in [-0.15, -0.1) is 11.3 Å². The lowest BCUT2D eigenvalue weighted by Gasteiger charge is -2.30. The van der Waals surface area contributed by atoms with Crippen LogP contribution in [0, 0.1) is 5.92 Å². The average molecular weight is 294 g/mol. The molecule has 0 aliphatic heterocycles. The van der Waals surface area contributed by atoms with Gasteiger partial charge in [0, 0.05) is 6.04 Å². The van der Waals surface area contributed by atoms with E-state index in [9.17, 15) is 9.59 Å². The zero-order valence-electron chi connectivity index (χ0n) is 12.0. The first kappa shape index (κ1) is 15.0. The van der Waals surface area contributed by atoms with Crippen molar-refractivity contribution >= 4 is 23.2 Å². The third-order valence-corrected chi connectivity index (χ3v) is 4.79. The molecule has 0 radical (unpaired) electrons. The number of hydrogen-bond acceptors (Lipinski definition) is 3. The molecule has 1 aromatic heterocycles. The van der Waals surface area contributed by atoms with Gasteiger partial charge in [0.2, 0.25) is 5.91 Å². The van der Waals surface area contributed by atoms with Gasteiger partial charge in [-0.1, -0.05) is 25.8 Å². The first-order valence-corrected chi connectivity index (χ1v) is 8.10. The van der Waals surface area contributed by atoms with Gasteiger partial charge in [0.05, 0.1) is 4.88 Å². The van der Waals surface area contributed by atoms with Crippen molar-refractivity contribution < 1.29 is 9.59 Å². The summed E-state index contributed by atoms with van der Waals surface area (Å²) < 4.78 is 0. The molecular weight excluding hydrogens is 272 g/mol. The fraction of sp³-hybridized carbons (Fsp3) is 0.600. The summed E-state index contributed by atoms with van der Waals surface area (Å²) in [5.74, 6) is 0.251. The predicted octanol–water partition coefficient (Wildman–Crippen LogP) is 2.56. The highest BCUT2D eigenvalue weighted by molar-refractivity contribution is 7.12. The molecule has 2 rings (SSSR count). The molecule has 2 amide bonds. The van der Waals surface area contributed by atoms with Crippen LogP contribution in [-0.4, -0.2) is 23.9 Å². The number of carbonyl (C=O) groups excluding carboxylic acids is 2. The monoisotopic (exact) mass is 294 g/mol. The first-order chi connectivity index (χ1) is 9.58. The van der Waals surface area contributed by atoms with E-state index in [0.717, 1.165) is 6.42 Å². The maximum atomic E-state index is 12.1. The molecule has 0 spiro atoms. The van der Waals surface area contributed by atoms with Crippen LogP contribution in [0.5, 0.6) is 0 Å². The Morgan fingerprint density at radius 3 is 2.75 bits per heavy atom. The Morgan fingerprint density at radius 2 is 2.10 bits per heavy atom. The lowest BCUT2D eigenvalue weighted by Crippen LogP contribution is -2.50. The molecule has 1 aliphatic rings. The van der Waals surface area contributed by atoms with Crippen molar-refractivity contribution in [2.24, 2.45) is 5.92 Å². The molecule has 0 aromatic carbocycles. The van der Waals surface area contributed by atoms with Crippen molar-refractivity contribution in [3.8, 4) is 0 Å². The minimum atomic E-state index is -0.501. The van der Waals surface area contributed by atoms with E-state index >= 15 is 0 Å². The molecule has 4 nitrogen and oxygen atoms in total. The topological polar surface area (TPSA) is 58.2 Å². The van der Waals surface area contributed by atoms with Crippen molar-refractivity contribution in [3.05, 3.63) is 22.4 Å². The van der Waals surface area contributed by atoms with Crippen LogP contribution in [0.3, 0.4) is 0 Å². The summed E-state index contributed by atoms with van der Waals surface area (Å²) in [7, 11) is 0. The van der Waals surface area contributed by atoms with Crippen LogP contribution in [0.1, 0.15) is 49.2 Å². The van der Waals surface area contributed by atoms with Gasteiger partial charge in [-0.3, -0.25) is 9.59 Å². The van der Waals surface area contributed by atoms with Crippen LogP contribution in [0.15, 0.2) is 17.5 Å². The van der Waals surface area contributed by atoms with Gasteiger partial charge in [-0.25, -0.2) is 0 Å². The Morgan fingerprint density at radius 1 is 1.35 bits per heavy atom. The van der Waals surface area contributed by atoms with E-state index in [1.54, 1.807) is 13.0 Å². The molecule has 20 heavy (non-hydrogen) atoms. The maximum absolute atomic E-state index is 12.1. The fourth-order valence-electron chi connectivity index (χ4n) is 2.58. The summed E-state index contributed by atoms with van der Waals surface area (Å²) in [6.07, 6.45) is 4.63. The minimum Gasteiger partial charge on any atom is -0.351 e. The molecule has 1 aliphatic carbocycles. The molecule has 3 atom stereocenters. The van der Waals surface area contributed by atoms with Crippen molar-refractivity contribution in [2.75, 3.05) is 0 Å². The summed E-state index contributed by atoms with van der Waals surface area (Å²) >= 11 is 1.38. The second-order valence-electron chi connectivity index (χ2n) is 5.55. The van der Waals surface area contributed by atoms with Crippen LogP contribution >= 0.6 is 11.3 Å². The van der Waals surface area contributed by atoms with Crippen molar-refractivity contribution in [2.45, 2.75) is 51.6 Å². The van der Waals surface area contributed by atoms with Gasteiger partial charge < -0.3 is 10.6 Å². The number of rotatable bonds is 4. The predicted molar refractivity (Wildman–Crippen MR) is 80.8 cm³/mol. The normalized spacial score (nSPS) is 23.9. The third kappa shape index (κ3) is 3.82. The standard InChI is InChI=1S/C15H22N2O2S/c1-10-6-3-4-7-12(10)17-14(18)11(2)16-15(19)13-8-5-9-20-13/h5,8-12H,3-4,6-7H2,1-2H3,(H,16,19)(H,17,18). The highest BCUT2D eigenvalue weighted by Gasteiger charge is 2.25. The summed E-state index contributed by atoms with van der Waals surface area (Å²) in [5.41, 5.74) is 0. The maximum Gasteiger partial charge on any atom is 0.261 e. The Balaban J connectivity index is 1.84. The molecule has 3 unspecified atom stereocenters. The Labute approximate surface area is 124 Å². The number of thiophene rings is 1. The van der Waals surface area contributed by atoms with Gasteiger partial charge in [-0.05, 0) is 37.1 Å². The number of amides is 2. The van der Waals surface area contributed by atoms with E-state index in [-0.39, 0.29) is 17.9 Å². The van der Waals surface area contributed by atoms with Gasteiger partial charge in [0.1, 0.15) is 6.04 Å². The molecule has 1 aromatic rings. The van der Waals surface area contributed by atoms with Crippen molar-refractivity contribution in [3.63, 3.8) is 0 Å². The third-order valence-electron chi connectivity index (χ3n) is 3.92. The second-order valence-corrected chi connectivity index (χ2v) is 6.50. The summed E-state index contributed by atoms with van der Waals surface area (Å²) in [4.78, 5) is 24.7. The van der Waals surface area contributed by atoms with Crippen LogP contribution < -0.4 is 10.6 Å². The fourth-order valence-corrected chi connectivity index (χ4v) is 3.21. The first-order valence-electron chi connectivity index (χ1n) is 7.22. The molecule has 0 bridgehead atoms. The number of hydrogen-bond donors (Lipinski definition) is 2. The van der Waals surface area contributed by atoms with Gasteiger partial charge in [0.25, 0.3) is 5.91 Å². The molecule has 1 fully saturated rings. The highest BCUT2D eigenvalue weighted by Crippen LogP contribution is 2.23. The molecule has 1 heterocycles. The minimum absolute atomic E-state index is 0.0892. The van der Waals surface area contributed by atoms with Crippen LogP contribution in [0.4, 0.5) is 0 Å². The van der Waals surface area contributed by atoms with Gasteiger partial charge in [-0.2, -0.15) is 0 Å². The molecule has 2 N–H and O–H groups in total. The van der Waals surface area contributed by atoms with E-state index in [0.29, 0.717) is 10.8 Å². The SMILES string of the molecule is CC(NC(=O)c1cccs1)C(=O)NC1CCCCC1C. The smallest absolute Gasteiger partial charge is 0.261 e. The van der Waals surface area contributed by atoms with Crippen LogP contribution in [0.2, 0.25) is 0 Å². The second kappa shape index (κ2) is 6.88. The Bertz CT molecular complexity index is 458. The van der Waals surface area contributed by atoms with E-state index in [1.807, 2.05) is 11.4 Å². The largest absolute Gasteiger partial charge is 0.351 e. The number of nitrogens with one attached hydrogen (secondary N) is 2. The highest BCUT2D eigenvalue weighted by atomic mass is 32.1. The Hall–Kier alpha value is -1.36. The van der Waals surface area contributed by atoms with E-state index in [2.05, 4.69) is 17.6 Å². The quantitative estimate of drug-likeness (QED) is 0.896. The Kier molecular flexibility index (Phi) is 5.17. The molecule has 110 valence electrons. The van der Waals surface area contributed by atoms with E-state index < -0.39 is 6.04 Å². The molecule has 5 heteroatoms.